The van der Waals surface area contributed by atoms with Crippen LogP contribution in [-0.4, -0.2) is 67.5 Å². The molecule has 0 radical (unpaired) electrons. The van der Waals surface area contributed by atoms with Crippen LogP contribution in [0.4, 0.5) is 0 Å². The Balaban J connectivity index is 1.74. The number of nitrogens with zero attached hydrogens (tertiary/aromatic N) is 3. The lowest BCUT2D eigenvalue weighted by molar-refractivity contribution is -0.0802. The maximum Gasteiger partial charge on any atom is 0.281 e. The maximum atomic E-state index is 12.5. The summed E-state index contributed by atoms with van der Waals surface area (Å²) in [6.07, 6.45) is 4.68. The summed E-state index contributed by atoms with van der Waals surface area (Å²) in [5, 5.41) is 0. The Kier molecular flexibility index (Phi) is 4.98. The number of aromatic nitrogens is 1. The first kappa shape index (κ1) is 16.8. The van der Waals surface area contributed by atoms with E-state index in [4.69, 9.17) is 9.47 Å². The van der Waals surface area contributed by atoms with Gasteiger partial charge in [-0.1, -0.05) is 0 Å². The first-order chi connectivity index (χ1) is 11.0. The average molecular weight is 341 g/mol. The van der Waals surface area contributed by atoms with Gasteiger partial charge in [-0.15, -0.1) is 0 Å². The molecule has 1 aromatic rings. The highest BCUT2D eigenvalue weighted by Crippen LogP contribution is 2.33. The minimum Gasteiger partial charge on any atom is -0.374 e. The van der Waals surface area contributed by atoms with Crippen LogP contribution >= 0.6 is 0 Å². The summed E-state index contributed by atoms with van der Waals surface area (Å²) in [7, 11) is -0.357. The molecule has 128 valence electrons. The first-order valence-electron chi connectivity index (χ1n) is 7.81. The van der Waals surface area contributed by atoms with Gasteiger partial charge in [-0.25, -0.2) is 0 Å². The van der Waals surface area contributed by atoms with Crippen molar-refractivity contribution in [1.29, 1.82) is 0 Å². The molecule has 0 aromatic carbocycles. The van der Waals surface area contributed by atoms with E-state index in [0.29, 0.717) is 19.8 Å². The van der Waals surface area contributed by atoms with E-state index in [2.05, 4.69) is 4.98 Å². The molecular formula is C15H23N3O4S. The molecule has 2 aliphatic heterocycles. The standard InChI is InChI=1S/C15H23N3O4S/c1-17(2)23(19,20)18-10-14(15-13(18)4-3-9-21-15)22-11-12-5-7-16-8-6-12/h5-8,13-15H,3-4,9-11H2,1-2H3/t13-,14-,15+/m1/s1. The van der Waals surface area contributed by atoms with E-state index >= 15 is 0 Å². The Labute approximate surface area is 137 Å². The van der Waals surface area contributed by atoms with Crippen LogP contribution < -0.4 is 0 Å². The van der Waals surface area contributed by atoms with Gasteiger partial charge in [-0.3, -0.25) is 4.98 Å². The van der Waals surface area contributed by atoms with E-state index in [-0.39, 0.29) is 18.2 Å². The van der Waals surface area contributed by atoms with Gasteiger partial charge < -0.3 is 9.47 Å². The fourth-order valence-corrected chi connectivity index (χ4v) is 4.49. The molecule has 0 saturated carbocycles. The molecule has 8 heteroatoms. The molecule has 3 rings (SSSR count). The number of hydrogen-bond acceptors (Lipinski definition) is 5. The SMILES string of the molecule is CN(C)S(=O)(=O)N1C[C@@H](OCc2ccncc2)[C@H]2OCCC[C@H]21. The van der Waals surface area contributed by atoms with Crippen LogP contribution in [0.3, 0.4) is 0 Å². The third-order valence-corrected chi connectivity index (χ3v) is 6.34. The molecule has 1 aromatic heterocycles. The zero-order valence-electron chi connectivity index (χ0n) is 13.5. The van der Waals surface area contributed by atoms with Crippen LogP contribution in [0.1, 0.15) is 18.4 Å². The van der Waals surface area contributed by atoms with E-state index in [1.165, 1.54) is 8.61 Å². The minimum atomic E-state index is -3.47. The number of rotatable bonds is 5. The molecule has 3 heterocycles. The predicted octanol–water partition coefficient (Wildman–Crippen LogP) is 0.636. The minimum absolute atomic E-state index is 0.140. The highest BCUT2D eigenvalue weighted by atomic mass is 32.2. The summed E-state index contributed by atoms with van der Waals surface area (Å²) in [5.41, 5.74) is 1.02. The Bertz CT molecular complexity index is 623. The predicted molar refractivity (Wildman–Crippen MR) is 84.9 cm³/mol. The van der Waals surface area contributed by atoms with Crippen molar-refractivity contribution in [3.05, 3.63) is 30.1 Å². The molecule has 3 atom stereocenters. The molecular weight excluding hydrogens is 318 g/mol. The third-order valence-electron chi connectivity index (χ3n) is 4.40. The molecule has 2 saturated heterocycles. The van der Waals surface area contributed by atoms with E-state index in [9.17, 15) is 8.42 Å². The molecule has 0 N–H and O–H groups in total. The topological polar surface area (TPSA) is 72.0 Å². The first-order valence-corrected chi connectivity index (χ1v) is 9.21. The van der Waals surface area contributed by atoms with E-state index < -0.39 is 10.2 Å². The zero-order chi connectivity index (χ0) is 16.4. The fraction of sp³-hybridized carbons (Fsp3) is 0.667. The van der Waals surface area contributed by atoms with Crippen molar-refractivity contribution in [2.75, 3.05) is 27.2 Å². The zero-order valence-corrected chi connectivity index (χ0v) is 14.3. The maximum absolute atomic E-state index is 12.5. The van der Waals surface area contributed by atoms with Crippen molar-refractivity contribution >= 4 is 10.2 Å². The second-order valence-corrected chi connectivity index (χ2v) is 8.20. The molecule has 0 unspecified atom stereocenters. The van der Waals surface area contributed by atoms with Crippen LogP contribution in [-0.2, 0) is 26.3 Å². The average Bonchev–Trinajstić information content (AvgIpc) is 2.93. The van der Waals surface area contributed by atoms with Gasteiger partial charge >= 0.3 is 0 Å². The molecule has 0 bridgehead atoms. The van der Waals surface area contributed by atoms with Gasteiger partial charge in [0.05, 0.1) is 18.8 Å². The summed E-state index contributed by atoms with van der Waals surface area (Å²) in [6, 6.07) is 3.64. The highest BCUT2D eigenvalue weighted by Gasteiger charge is 2.49. The molecule has 7 nitrogen and oxygen atoms in total. The smallest absolute Gasteiger partial charge is 0.281 e. The number of pyridine rings is 1. The second-order valence-electron chi connectivity index (χ2n) is 6.11. The monoisotopic (exact) mass is 341 g/mol. The van der Waals surface area contributed by atoms with Crippen LogP contribution in [0.25, 0.3) is 0 Å². The number of ether oxygens (including phenoxy) is 2. The molecule has 0 spiro atoms. The van der Waals surface area contributed by atoms with E-state index in [1.807, 2.05) is 12.1 Å². The Hall–Kier alpha value is -1.06. The lowest BCUT2D eigenvalue weighted by Gasteiger charge is -2.32. The van der Waals surface area contributed by atoms with Crippen LogP contribution in [0.2, 0.25) is 0 Å². The summed E-state index contributed by atoms with van der Waals surface area (Å²) in [4.78, 5) is 3.98. The van der Waals surface area contributed by atoms with Crippen molar-refractivity contribution < 1.29 is 17.9 Å². The summed E-state index contributed by atoms with van der Waals surface area (Å²) in [6.45, 7) is 1.42. The molecule has 0 amide bonds. The van der Waals surface area contributed by atoms with Crippen LogP contribution in [0.15, 0.2) is 24.5 Å². The number of fused-ring (bicyclic) bond motifs is 1. The van der Waals surface area contributed by atoms with Crippen molar-refractivity contribution in [2.45, 2.75) is 37.7 Å². The molecule has 2 fully saturated rings. The van der Waals surface area contributed by atoms with Crippen molar-refractivity contribution in [1.82, 2.24) is 13.6 Å². The normalized spacial score (nSPS) is 28.9. The van der Waals surface area contributed by atoms with Crippen molar-refractivity contribution in [3.63, 3.8) is 0 Å². The summed E-state index contributed by atoms with van der Waals surface area (Å²) in [5.74, 6) is 0. The lowest BCUT2D eigenvalue weighted by atomic mass is 10.0. The quantitative estimate of drug-likeness (QED) is 0.786. The van der Waals surface area contributed by atoms with Crippen LogP contribution in [0, 0.1) is 0 Å². The van der Waals surface area contributed by atoms with Gasteiger partial charge in [0.25, 0.3) is 10.2 Å². The van der Waals surface area contributed by atoms with Gasteiger partial charge in [0.15, 0.2) is 0 Å². The van der Waals surface area contributed by atoms with Crippen molar-refractivity contribution in [2.24, 2.45) is 0 Å². The third kappa shape index (κ3) is 3.41. The summed E-state index contributed by atoms with van der Waals surface area (Å²) < 4.78 is 39.7. The molecule has 2 aliphatic rings. The van der Waals surface area contributed by atoms with Crippen LogP contribution in [0.5, 0.6) is 0 Å². The van der Waals surface area contributed by atoms with Gasteiger partial charge in [0.2, 0.25) is 0 Å². The summed E-state index contributed by atoms with van der Waals surface area (Å²) >= 11 is 0. The number of hydrogen-bond donors (Lipinski definition) is 0. The fourth-order valence-electron chi connectivity index (χ4n) is 3.17. The van der Waals surface area contributed by atoms with Gasteiger partial charge in [-0.05, 0) is 30.5 Å². The van der Waals surface area contributed by atoms with Gasteiger partial charge in [0.1, 0.15) is 6.10 Å². The Morgan fingerprint density at radius 1 is 1.39 bits per heavy atom. The second kappa shape index (κ2) is 6.82. The van der Waals surface area contributed by atoms with E-state index in [1.54, 1.807) is 26.5 Å². The highest BCUT2D eigenvalue weighted by molar-refractivity contribution is 7.86. The van der Waals surface area contributed by atoms with E-state index in [0.717, 1.165) is 18.4 Å². The van der Waals surface area contributed by atoms with Crippen molar-refractivity contribution in [3.8, 4) is 0 Å². The molecule has 0 aliphatic carbocycles. The van der Waals surface area contributed by atoms with Gasteiger partial charge in [-0.2, -0.15) is 17.0 Å². The largest absolute Gasteiger partial charge is 0.374 e. The Morgan fingerprint density at radius 3 is 2.83 bits per heavy atom. The lowest BCUT2D eigenvalue weighted by Crippen LogP contribution is -2.47. The van der Waals surface area contributed by atoms with Gasteiger partial charge in [0, 0.05) is 39.6 Å². The Morgan fingerprint density at radius 2 is 2.13 bits per heavy atom. The molecule has 23 heavy (non-hydrogen) atoms.